The van der Waals surface area contributed by atoms with E-state index in [0.717, 1.165) is 23.1 Å². The molecule has 0 saturated carbocycles. The second-order valence-electron chi connectivity index (χ2n) is 7.87. The minimum Gasteiger partial charge on any atom is -0.481 e. The molecule has 0 aliphatic rings. The molecule has 9 nitrogen and oxygen atoms in total. The van der Waals surface area contributed by atoms with Crippen molar-refractivity contribution in [1.82, 2.24) is 15.0 Å². The molecule has 0 saturated heterocycles. The Morgan fingerprint density at radius 1 is 1.00 bits per heavy atom. The molecule has 34 heavy (non-hydrogen) atoms. The van der Waals surface area contributed by atoms with E-state index >= 15 is 0 Å². The molecule has 0 fully saturated rings. The normalized spacial score (nSPS) is 10.9. The van der Waals surface area contributed by atoms with E-state index in [1.807, 2.05) is 64.1 Å². The van der Waals surface area contributed by atoms with Crippen LogP contribution in [0.5, 0.6) is 23.4 Å². The number of nitrogens with zero attached hydrogens (tertiary/aromatic N) is 3. The molecular formula is C25H25N3O6. The van der Waals surface area contributed by atoms with Crippen molar-refractivity contribution in [2.45, 2.75) is 34.1 Å². The number of ether oxygens (including phenoxy) is 3. The molecule has 0 radical (unpaired) electrons. The highest BCUT2D eigenvalue weighted by Gasteiger charge is 2.20. The Morgan fingerprint density at radius 3 is 2.35 bits per heavy atom. The average Bonchev–Trinajstić information content (AvgIpc) is 3.22. The van der Waals surface area contributed by atoms with Gasteiger partial charge < -0.3 is 23.7 Å². The van der Waals surface area contributed by atoms with Crippen LogP contribution in [0.25, 0.3) is 22.7 Å². The van der Waals surface area contributed by atoms with Gasteiger partial charge in [0.1, 0.15) is 11.5 Å². The van der Waals surface area contributed by atoms with Gasteiger partial charge in [-0.25, -0.2) is 9.78 Å². The van der Waals surface area contributed by atoms with E-state index in [1.54, 1.807) is 0 Å². The van der Waals surface area contributed by atoms with Crippen LogP contribution >= 0.6 is 0 Å². The highest BCUT2D eigenvalue weighted by Crippen LogP contribution is 2.34. The zero-order valence-electron chi connectivity index (χ0n) is 19.4. The Bertz CT molecular complexity index is 1310. The Hall–Kier alpha value is -4.14. The van der Waals surface area contributed by atoms with Crippen LogP contribution < -0.4 is 14.2 Å². The van der Waals surface area contributed by atoms with Gasteiger partial charge in [0.15, 0.2) is 12.1 Å². The first-order valence-electron chi connectivity index (χ1n) is 10.9. The first-order valence-corrected chi connectivity index (χ1v) is 10.9. The van der Waals surface area contributed by atoms with E-state index < -0.39 is 12.6 Å². The van der Waals surface area contributed by atoms with Gasteiger partial charge in [-0.3, -0.25) is 0 Å². The number of carboxylic acid groups (broad SMARTS) is 1. The maximum Gasteiger partial charge on any atom is 0.341 e. The van der Waals surface area contributed by atoms with Crippen molar-refractivity contribution < 1.29 is 28.5 Å². The summed E-state index contributed by atoms with van der Waals surface area (Å²) in [6, 6.07) is 11.3. The van der Waals surface area contributed by atoms with Crippen LogP contribution in [0.15, 0.2) is 40.8 Å². The Kier molecular flexibility index (Phi) is 6.62. The zero-order valence-corrected chi connectivity index (χ0v) is 19.4. The van der Waals surface area contributed by atoms with Crippen molar-refractivity contribution in [2.24, 2.45) is 0 Å². The van der Waals surface area contributed by atoms with E-state index in [0.29, 0.717) is 35.1 Å². The number of aryl methyl sites for hydroxylation is 3. The average molecular weight is 463 g/mol. The SMILES string of the molecule is CCCOc1nc(Oc2ccc(C)cc2)nc2oc(-c3cc(C)c(OCC(=O)O)c(C)c3)nc12. The highest BCUT2D eigenvalue weighted by atomic mass is 16.5. The molecule has 0 amide bonds. The van der Waals surface area contributed by atoms with Gasteiger partial charge in [-0.05, 0) is 62.6 Å². The number of carboxylic acids is 1. The van der Waals surface area contributed by atoms with E-state index in [-0.39, 0.29) is 17.6 Å². The largest absolute Gasteiger partial charge is 0.481 e. The van der Waals surface area contributed by atoms with Crippen LogP contribution in [-0.4, -0.2) is 39.2 Å². The first-order chi connectivity index (χ1) is 16.3. The van der Waals surface area contributed by atoms with Crippen molar-refractivity contribution in [3.05, 3.63) is 53.1 Å². The molecule has 2 heterocycles. The lowest BCUT2D eigenvalue weighted by Gasteiger charge is -2.11. The second-order valence-corrected chi connectivity index (χ2v) is 7.87. The van der Waals surface area contributed by atoms with Gasteiger partial charge in [-0.1, -0.05) is 24.6 Å². The van der Waals surface area contributed by atoms with Crippen LogP contribution in [0.2, 0.25) is 0 Å². The molecule has 4 rings (SSSR count). The standard InChI is InChI=1S/C25H25N3O6/c1-5-10-31-23-20-24(28-25(27-23)33-18-8-6-14(2)7-9-18)34-22(26-20)17-11-15(3)21(16(4)12-17)32-13-19(29)30/h6-9,11-12H,5,10,13H2,1-4H3,(H,29,30). The maximum absolute atomic E-state index is 10.9. The van der Waals surface area contributed by atoms with E-state index in [1.165, 1.54) is 0 Å². The molecule has 2 aromatic heterocycles. The van der Waals surface area contributed by atoms with Crippen LogP contribution in [0.1, 0.15) is 30.0 Å². The molecule has 2 aromatic carbocycles. The second kappa shape index (κ2) is 9.78. The van der Waals surface area contributed by atoms with Gasteiger partial charge in [-0.2, -0.15) is 9.97 Å². The monoisotopic (exact) mass is 463 g/mol. The van der Waals surface area contributed by atoms with Crippen molar-refractivity contribution in [3.8, 4) is 34.8 Å². The van der Waals surface area contributed by atoms with Gasteiger partial charge in [0.25, 0.3) is 11.6 Å². The molecule has 1 N–H and O–H groups in total. The van der Waals surface area contributed by atoms with Gasteiger partial charge in [0, 0.05) is 5.56 Å². The van der Waals surface area contributed by atoms with E-state index in [9.17, 15) is 4.79 Å². The van der Waals surface area contributed by atoms with Crippen LogP contribution in [0.3, 0.4) is 0 Å². The predicted molar refractivity (Wildman–Crippen MR) is 125 cm³/mol. The van der Waals surface area contributed by atoms with E-state index in [2.05, 4.69) is 15.0 Å². The summed E-state index contributed by atoms with van der Waals surface area (Å²) in [6.45, 7) is 7.69. The quantitative estimate of drug-likeness (QED) is 0.355. The molecule has 0 unspecified atom stereocenters. The summed E-state index contributed by atoms with van der Waals surface area (Å²) >= 11 is 0. The smallest absolute Gasteiger partial charge is 0.341 e. The Labute approximate surface area is 196 Å². The topological polar surface area (TPSA) is 117 Å². The summed E-state index contributed by atoms with van der Waals surface area (Å²) in [6.07, 6.45) is 0.792. The summed E-state index contributed by atoms with van der Waals surface area (Å²) in [5, 5.41) is 8.90. The third-order valence-corrected chi connectivity index (χ3v) is 4.93. The summed E-state index contributed by atoms with van der Waals surface area (Å²) in [5.41, 5.74) is 3.95. The number of oxazole rings is 1. The zero-order chi connectivity index (χ0) is 24.2. The number of hydrogen-bond acceptors (Lipinski definition) is 8. The number of hydrogen-bond donors (Lipinski definition) is 1. The molecule has 9 heteroatoms. The summed E-state index contributed by atoms with van der Waals surface area (Å²) in [4.78, 5) is 24.2. The third-order valence-electron chi connectivity index (χ3n) is 4.93. The first kappa shape index (κ1) is 23.0. The highest BCUT2D eigenvalue weighted by molar-refractivity contribution is 5.78. The van der Waals surface area contributed by atoms with Crippen LogP contribution in [0, 0.1) is 20.8 Å². The number of carbonyl (C=O) groups is 1. The molecule has 4 aromatic rings. The molecule has 176 valence electrons. The van der Waals surface area contributed by atoms with E-state index in [4.69, 9.17) is 23.7 Å². The van der Waals surface area contributed by atoms with Crippen molar-refractivity contribution >= 4 is 17.2 Å². The molecular weight excluding hydrogens is 438 g/mol. The van der Waals surface area contributed by atoms with Gasteiger partial charge in [0.05, 0.1) is 6.61 Å². The number of rotatable bonds is 9. The number of fused-ring (bicyclic) bond motifs is 1. The number of aliphatic carboxylic acids is 1. The lowest BCUT2D eigenvalue weighted by molar-refractivity contribution is -0.139. The van der Waals surface area contributed by atoms with Crippen LogP contribution in [-0.2, 0) is 4.79 Å². The van der Waals surface area contributed by atoms with Crippen molar-refractivity contribution in [2.75, 3.05) is 13.2 Å². The fraction of sp³-hybridized carbons (Fsp3) is 0.280. The van der Waals surface area contributed by atoms with Gasteiger partial charge >= 0.3 is 12.0 Å². The number of aromatic nitrogens is 3. The molecule has 0 spiro atoms. The molecule has 0 bridgehead atoms. The number of benzene rings is 2. The van der Waals surface area contributed by atoms with Gasteiger partial charge in [-0.15, -0.1) is 0 Å². The lowest BCUT2D eigenvalue weighted by atomic mass is 10.1. The maximum atomic E-state index is 10.9. The fourth-order valence-electron chi connectivity index (χ4n) is 3.39. The predicted octanol–water partition coefficient (Wildman–Crippen LogP) is 5.25. The molecule has 0 aliphatic heterocycles. The van der Waals surface area contributed by atoms with Crippen LogP contribution in [0.4, 0.5) is 0 Å². The molecule has 0 atom stereocenters. The minimum atomic E-state index is -1.04. The lowest BCUT2D eigenvalue weighted by Crippen LogP contribution is -2.10. The summed E-state index contributed by atoms with van der Waals surface area (Å²) < 4.78 is 23.0. The van der Waals surface area contributed by atoms with Crippen molar-refractivity contribution in [3.63, 3.8) is 0 Å². The summed E-state index contributed by atoms with van der Waals surface area (Å²) in [5.74, 6) is 0.675. The Morgan fingerprint density at radius 2 is 1.71 bits per heavy atom. The minimum absolute atomic E-state index is 0.0925. The van der Waals surface area contributed by atoms with Crippen molar-refractivity contribution in [1.29, 1.82) is 0 Å². The fourth-order valence-corrected chi connectivity index (χ4v) is 3.39. The van der Waals surface area contributed by atoms with Gasteiger partial charge in [0.2, 0.25) is 5.89 Å². The summed E-state index contributed by atoms with van der Waals surface area (Å²) in [7, 11) is 0. The third kappa shape index (κ3) is 5.09. The Balaban J connectivity index is 1.72. The molecule has 0 aliphatic carbocycles.